The molecule has 1 N–H and O–H groups in total. The molecule has 3 rings (SSSR count). The smallest absolute Gasteiger partial charge is 0.331 e. The number of halogens is 2. The zero-order valence-electron chi connectivity index (χ0n) is 13.1. The molecular formula is C16H13F2N3O3S. The van der Waals surface area contributed by atoms with Crippen LogP contribution in [0.5, 0.6) is 5.75 Å². The summed E-state index contributed by atoms with van der Waals surface area (Å²) < 4.78 is 29.6. The fourth-order valence-electron chi connectivity index (χ4n) is 2.35. The lowest BCUT2D eigenvalue weighted by Crippen LogP contribution is -2.38. The Hall–Kier alpha value is -2.81. The van der Waals surface area contributed by atoms with Crippen molar-refractivity contribution in [3.05, 3.63) is 67.9 Å². The third-order valence-corrected chi connectivity index (χ3v) is 4.65. The van der Waals surface area contributed by atoms with E-state index < -0.39 is 23.1 Å². The summed E-state index contributed by atoms with van der Waals surface area (Å²) in [5, 5.41) is 9.61. The quantitative estimate of drug-likeness (QED) is 0.769. The highest BCUT2D eigenvalue weighted by molar-refractivity contribution is 7.15. The van der Waals surface area contributed by atoms with Gasteiger partial charge in [-0.3, -0.25) is 13.9 Å². The van der Waals surface area contributed by atoms with E-state index in [9.17, 15) is 23.5 Å². The van der Waals surface area contributed by atoms with Gasteiger partial charge in [-0.2, -0.15) is 0 Å². The number of phenolic OH excluding ortho intramolecular Hbond substituents is 1. The Morgan fingerprint density at radius 3 is 2.72 bits per heavy atom. The lowest BCUT2D eigenvalue weighted by molar-refractivity contribution is 0.397. The summed E-state index contributed by atoms with van der Waals surface area (Å²) in [6.07, 6.45) is 2.86. The maximum Gasteiger partial charge on any atom is 0.331 e. The van der Waals surface area contributed by atoms with E-state index in [4.69, 9.17) is 0 Å². The van der Waals surface area contributed by atoms with Crippen LogP contribution < -0.4 is 11.2 Å². The van der Waals surface area contributed by atoms with E-state index in [2.05, 4.69) is 4.98 Å². The molecular weight excluding hydrogens is 352 g/mol. The van der Waals surface area contributed by atoms with Crippen molar-refractivity contribution in [3.8, 4) is 16.3 Å². The van der Waals surface area contributed by atoms with Crippen LogP contribution in [0.1, 0.15) is 11.8 Å². The molecule has 2 aromatic heterocycles. The minimum atomic E-state index is -1.09. The number of hydrogen-bond donors (Lipinski definition) is 1. The van der Waals surface area contributed by atoms with E-state index in [1.54, 1.807) is 6.92 Å². The van der Waals surface area contributed by atoms with Gasteiger partial charge in [-0.05, 0) is 19.1 Å². The molecule has 0 unspecified atom stereocenters. The molecule has 2 heterocycles. The molecule has 0 aliphatic carbocycles. The van der Waals surface area contributed by atoms with Crippen molar-refractivity contribution in [3.63, 3.8) is 0 Å². The van der Waals surface area contributed by atoms with Crippen LogP contribution in [0.2, 0.25) is 0 Å². The second-order valence-electron chi connectivity index (χ2n) is 5.20. The first-order chi connectivity index (χ1) is 11.9. The fraction of sp³-hybridized carbons (Fsp3) is 0.188. The molecule has 0 amide bonds. The second kappa shape index (κ2) is 6.60. The molecule has 6 nitrogen and oxygen atoms in total. The number of hydrogen-bond acceptors (Lipinski definition) is 5. The molecule has 130 valence electrons. The van der Waals surface area contributed by atoms with E-state index in [-0.39, 0.29) is 29.2 Å². The zero-order valence-corrected chi connectivity index (χ0v) is 13.9. The van der Waals surface area contributed by atoms with Crippen molar-refractivity contribution in [2.45, 2.75) is 20.0 Å². The summed E-state index contributed by atoms with van der Waals surface area (Å²) in [6.45, 7) is 2.11. The van der Waals surface area contributed by atoms with Gasteiger partial charge >= 0.3 is 5.69 Å². The zero-order chi connectivity index (χ0) is 18.1. The van der Waals surface area contributed by atoms with Crippen molar-refractivity contribution in [1.29, 1.82) is 0 Å². The van der Waals surface area contributed by atoms with Gasteiger partial charge in [0.15, 0.2) is 17.4 Å². The highest BCUT2D eigenvalue weighted by Crippen LogP contribution is 2.33. The van der Waals surface area contributed by atoms with Gasteiger partial charge in [-0.1, -0.05) is 0 Å². The SMILES string of the molecule is CCn1c(=O)ccn(Cc2cnc(-c3ccc(F)c(O)c3F)s2)c1=O. The number of rotatable bonds is 4. The summed E-state index contributed by atoms with van der Waals surface area (Å²) in [5.74, 6) is -3.19. The maximum absolute atomic E-state index is 14.0. The van der Waals surface area contributed by atoms with Gasteiger partial charge in [0.1, 0.15) is 5.01 Å². The van der Waals surface area contributed by atoms with Crippen LogP contribution in [-0.4, -0.2) is 19.2 Å². The van der Waals surface area contributed by atoms with Gasteiger partial charge in [0, 0.05) is 29.9 Å². The highest BCUT2D eigenvalue weighted by Gasteiger charge is 2.17. The summed E-state index contributed by atoms with van der Waals surface area (Å²) in [5.41, 5.74) is -0.853. The fourth-order valence-corrected chi connectivity index (χ4v) is 3.28. The van der Waals surface area contributed by atoms with Gasteiger partial charge in [-0.25, -0.2) is 18.6 Å². The lowest BCUT2D eigenvalue weighted by atomic mass is 10.2. The summed E-state index contributed by atoms with van der Waals surface area (Å²) in [4.78, 5) is 28.5. The van der Waals surface area contributed by atoms with Crippen molar-refractivity contribution in [2.24, 2.45) is 0 Å². The first kappa shape index (κ1) is 17.0. The van der Waals surface area contributed by atoms with Gasteiger partial charge in [-0.15, -0.1) is 11.3 Å². The Balaban J connectivity index is 1.95. The number of aromatic hydroxyl groups is 1. The number of nitrogens with zero attached hydrogens (tertiary/aromatic N) is 3. The molecule has 9 heteroatoms. The Bertz CT molecular complexity index is 1060. The van der Waals surface area contributed by atoms with Gasteiger partial charge in [0.2, 0.25) is 0 Å². The van der Waals surface area contributed by atoms with E-state index in [1.807, 2.05) is 0 Å². The van der Waals surface area contributed by atoms with Crippen LogP contribution in [0.3, 0.4) is 0 Å². The van der Waals surface area contributed by atoms with Crippen molar-refractivity contribution in [1.82, 2.24) is 14.1 Å². The minimum absolute atomic E-state index is 0.0268. The van der Waals surface area contributed by atoms with Crippen LogP contribution in [0.4, 0.5) is 8.78 Å². The maximum atomic E-state index is 14.0. The van der Waals surface area contributed by atoms with E-state index in [0.29, 0.717) is 4.88 Å². The Morgan fingerprint density at radius 1 is 1.24 bits per heavy atom. The van der Waals surface area contributed by atoms with Gasteiger partial charge < -0.3 is 5.11 Å². The highest BCUT2D eigenvalue weighted by atomic mass is 32.1. The molecule has 0 aliphatic heterocycles. The van der Waals surface area contributed by atoms with Crippen molar-refractivity contribution >= 4 is 11.3 Å². The summed E-state index contributed by atoms with van der Waals surface area (Å²) >= 11 is 1.10. The average molecular weight is 365 g/mol. The van der Waals surface area contributed by atoms with Crippen LogP contribution in [0, 0.1) is 11.6 Å². The predicted molar refractivity (Wildman–Crippen MR) is 88.9 cm³/mol. The first-order valence-electron chi connectivity index (χ1n) is 7.34. The third kappa shape index (κ3) is 3.10. The summed E-state index contributed by atoms with van der Waals surface area (Å²) in [7, 11) is 0. The largest absolute Gasteiger partial charge is 0.503 e. The molecule has 0 spiro atoms. The lowest BCUT2D eigenvalue weighted by Gasteiger charge is -2.06. The first-order valence-corrected chi connectivity index (χ1v) is 8.16. The normalized spacial score (nSPS) is 11.0. The molecule has 0 saturated heterocycles. The minimum Gasteiger partial charge on any atom is -0.503 e. The molecule has 0 bridgehead atoms. The van der Waals surface area contributed by atoms with Gasteiger partial charge in [0.25, 0.3) is 5.56 Å². The molecule has 1 aromatic carbocycles. The van der Waals surface area contributed by atoms with E-state index in [0.717, 1.165) is 22.0 Å². The van der Waals surface area contributed by atoms with Crippen LogP contribution in [0.25, 0.3) is 10.6 Å². The van der Waals surface area contributed by atoms with Crippen LogP contribution >= 0.6 is 11.3 Å². The second-order valence-corrected chi connectivity index (χ2v) is 6.31. The number of phenols is 1. The predicted octanol–water partition coefficient (Wildman–Crippen LogP) is 2.19. The Labute approximate surface area is 144 Å². The van der Waals surface area contributed by atoms with Crippen molar-refractivity contribution in [2.75, 3.05) is 0 Å². The monoisotopic (exact) mass is 365 g/mol. The summed E-state index contributed by atoms with van der Waals surface area (Å²) in [6, 6.07) is 3.44. The molecule has 3 aromatic rings. The Morgan fingerprint density at radius 2 is 2.00 bits per heavy atom. The number of aromatic nitrogens is 3. The molecule has 0 aliphatic rings. The molecule has 0 atom stereocenters. The number of benzene rings is 1. The number of thiazole rings is 1. The average Bonchev–Trinajstić information content (AvgIpc) is 3.04. The van der Waals surface area contributed by atoms with E-state index in [1.165, 1.54) is 29.1 Å². The molecule has 0 saturated carbocycles. The van der Waals surface area contributed by atoms with E-state index >= 15 is 0 Å². The standard InChI is InChI=1S/C16H13F2N3O3S/c1-2-21-12(22)5-6-20(16(21)24)8-9-7-19-15(25-9)10-3-4-11(17)14(23)13(10)18/h3-7,23H,2,8H2,1H3. The van der Waals surface area contributed by atoms with Gasteiger partial charge in [0.05, 0.1) is 12.1 Å². The van der Waals surface area contributed by atoms with Crippen molar-refractivity contribution < 1.29 is 13.9 Å². The molecule has 0 radical (unpaired) electrons. The van der Waals surface area contributed by atoms with Crippen LogP contribution in [0.15, 0.2) is 40.2 Å². The van der Waals surface area contributed by atoms with Crippen LogP contribution in [-0.2, 0) is 13.1 Å². The molecule has 25 heavy (non-hydrogen) atoms. The Kier molecular flexibility index (Phi) is 4.49. The topological polar surface area (TPSA) is 77.1 Å². The third-order valence-electron chi connectivity index (χ3n) is 3.63. The molecule has 0 fully saturated rings.